The van der Waals surface area contributed by atoms with E-state index in [1.54, 1.807) is 22.3 Å². The number of hydrogen-bond acceptors (Lipinski definition) is 0. The van der Waals surface area contributed by atoms with Gasteiger partial charge >= 0.3 is 134 Å². The van der Waals surface area contributed by atoms with Crippen LogP contribution >= 0.6 is 0 Å². The second-order valence-electron chi connectivity index (χ2n) is 6.97. The van der Waals surface area contributed by atoms with Crippen LogP contribution in [0.4, 0.5) is 0 Å². The fourth-order valence-corrected chi connectivity index (χ4v) is 12.3. The monoisotopic (exact) mass is 388 g/mol. The zero-order chi connectivity index (χ0) is 14.7. The number of allylic oxidation sites excluding steroid dienone is 8. The molecule has 4 bridgehead atoms. The third kappa shape index (κ3) is 2.82. The van der Waals surface area contributed by atoms with Crippen molar-refractivity contribution in [2.45, 2.75) is 66.5 Å². The molecular formula is C18H26Cl2SiTi. The second-order valence-corrected chi connectivity index (χ2v) is 13.5. The van der Waals surface area contributed by atoms with E-state index in [2.05, 4.69) is 40.8 Å². The van der Waals surface area contributed by atoms with Gasteiger partial charge in [-0.15, -0.1) is 0 Å². The molecule has 3 aliphatic rings. The summed E-state index contributed by atoms with van der Waals surface area (Å²) in [4.78, 5) is 0. The summed E-state index contributed by atoms with van der Waals surface area (Å²) in [5.41, 5.74) is 7.06. The molecular weight excluding hydrogens is 363 g/mol. The molecule has 4 heteroatoms. The molecule has 0 aromatic heterocycles. The smallest absolute Gasteiger partial charge is 1.00 e. The van der Waals surface area contributed by atoms with Gasteiger partial charge in [0.2, 0.25) is 0 Å². The average Bonchev–Trinajstić information content (AvgIpc) is 2.90. The van der Waals surface area contributed by atoms with Crippen molar-refractivity contribution in [1.82, 2.24) is 0 Å². The summed E-state index contributed by atoms with van der Waals surface area (Å²) in [6.45, 7) is 14.9. The van der Waals surface area contributed by atoms with Gasteiger partial charge in [-0.25, -0.2) is 0 Å². The molecule has 22 heavy (non-hydrogen) atoms. The first kappa shape index (κ1) is 20.5. The Labute approximate surface area is 158 Å². The number of fused-ring (bicyclic) bond motifs is 2. The molecule has 0 saturated carbocycles. The maximum Gasteiger partial charge on any atom is -1.00 e. The maximum atomic E-state index is 2.62. The van der Waals surface area contributed by atoms with Crippen LogP contribution < -0.4 is 24.8 Å². The Balaban J connectivity index is 0.00000121. The van der Waals surface area contributed by atoms with Gasteiger partial charge in [-0.05, 0) is 0 Å². The van der Waals surface area contributed by atoms with Crippen molar-refractivity contribution in [3.8, 4) is 0 Å². The molecule has 0 unspecified atom stereocenters. The fraction of sp³-hybridized carbons (Fsp3) is 0.556. The molecule has 1 heterocycles. The Bertz CT molecular complexity index is 569. The summed E-state index contributed by atoms with van der Waals surface area (Å²) in [6.07, 6.45) is 5.20. The Morgan fingerprint density at radius 1 is 0.818 bits per heavy atom. The molecule has 2 aliphatic carbocycles. The molecule has 0 saturated heterocycles. The number of hydrogen-bond donors (Lipinski definition) is 0. The Morgan fingerprint density at radius 3 is 1.50 bits per heavy atom. The summed E-state index contributed by atoms with van der Waals surface area (Å²) >= 11 is -0.0231. The first-order valence-electron chi connectivity index (χ1n) is 8.04. The molecule has 0 N–H and O–H groups in total. The third-order valence-corrected chi connectivity index (χ3v) is 12.2. The van der Waals surface area contributed by atoms with E-state index in [1.165, 1.54) is 25.7 Å². The first-order valence-corrected chi connectivity index (χ1v) is 12.6. The van der Waals surface area contributed by atoms with Crippen LogP contribution in [0.2, 0.25) is 13.1 Å². The van der Waals surface area contributed by atoms with Gasteiger partial charge in [0.25, 0.3) is 0 Å². The van der Waals surface area contributed by atoms with E-state index in [4.69, 9.17) is 0 Å². The van der Waals surface area contributed by atoms with E-state index >= 15 is 0 Å². The Kier molecular flexibility index (Phi) is 6.67. The summed E-state index contributed by atoms with van der Waals surface area (Å²) in [5, 5.41) is 3.69. The van der Waals surface area contributed by atoms with Gasteiger partial charge in [-0.2, -0.15) is 0 Å². The molecule has 0 spiro atoms. The van der Waals surface area contributed by atoms with Crippen LogP contribution in [0.15, 0.2) is 40.4 Å². The Hall–Kier alpha value is 0.471. The van der Waals surface area contributed by atoms with Crippen LogP contribution in [0.25, 0.3) is 0 Å². The SMILES string of the molecule is CCC1=C2C(C)=[C](C1)[Ti+2][C]1=C(C)C(=C(CC)C1)[Si]2(C)C.[Cl-].[Cl-]. The van der Waals surface area contributed by atoms with Crippen LogP contribution in [-0.2, 0) is 19.2 Å². The van der Waals surface area contributed by atoms with Gasteiger partial charge in [0, 0.05) is 0 Å². The molecule has 0 nitrogen and oxygen atoms in total. The summed E-state index contributed by atoms with van der Waals surface area (Å²) in [6, 6.07) is 0. The second kappa shape index (κ2) is 7.15. The van der Waals surface area contributed by atoms with Gasteiger partial charge in [-0.1, -0.05) is 0 Å². The standard InChI is InChI=1S/C18H26Si.2ClH.Ti/c1-7-15-11-9-13(3)17(15)19(5,6)18-14(4)10-12-16(18)8-2;;;/h7-8,11-12H2,1-6H3;2*1H;/q;;;+2/p-2. The van der Waals surface area contributed by atoms with E-state index in [1.807, 2.05) is 18.1 Å². The first-order chi connectivity index (χ1) is 9.41. The van der Waals surface area contributed by atoms with Crippen molar-refractivity contribution >= 4 is 8.07 Å². The van der Waals surface area contributed by atoms with Gasteiger partial charge in [0.1, 0.15) is 0 Å². The normalized spacial score (nSPS) is 21.9. The molecule has 0 aromatic rings. The maximum absolute atomic E-state index is 2.62. The number of rotatable bonds is 2. The molecule has 0 aromatic carbocycles. The molecule has 1 aliphatic heterocycles. The van der Waals surface area contributed by atoms with Gasteiger partial charge in [0.15, 0.2) is 0 Å². The minimum atomic E-state index is -1.48. The van der Waals surface area contributed by atoms with Crippen molar-refractivity contribution < 1.29 is 44.0 Å². The quantitative estimate of drug-likeness (QED) is 0.567. The van der Waals surface area contributed by atoms with Gasteiger partial charge in [0.05, 0.1) is 0 Å². The third-order valence-electron chi connectivity index (χ3n) is 5.55. The van der Waals surface area contributed by atoms with Gasteiger partial charge < -0.3 is 24.8 Å². The van der Waals surface area contributed by atoms with Crippen LogP contribution in [0.5, 0.6) is 0 Å². The van der Waals surface area contributed by atoms with E-state index in [0.29, 0.717) is 0 Å². The molecule has 0 amide bonds. The number of halogens is 2. The minimum Gasteiger partial charge on any atom is -1.00 e. The summed E-state index contributed by atoms with van der Waals surface area (Å²) in [7, 11) is -1.48. The summed E-state index contributed by atoms with van der Waals surface area (Å²) < 4.78 is 3.73. The summed E-state index contributed by atoms with van der Waals surface area (Å²) in [5.74, 6) is 0. The van der Waals surface area contributed by atoms with Crippen molar-refractivity contribution in [2.75, 3.05) is 0 Å². The van der Waals surface area contributed by atoms with E-state index in [9.17, 15) is 0 Å². The zero-order valence-electron chi connectivity index (χ0n) is 14.6. The predicted molar refractivity (Wildman–Crippen MR) is 86.8 cm³/mol. The average molecular weight is 389 g/mol. The van der Waals surface area contributed by atoms with E-state index in [-0.39, 0.29) is 44.0 Å². The van der Waals surface area contributed by atoms with Crippen LogP contribution in [-0.4, -0.2) is 8.07 Å². The topological polar surface area (TPSA) is 0 Å². The Morgan fingerprint density at radius 2 is 1.18 bits per heavy atom. The molecule has 0 radical (unpaired) electrons. The van der Waals surface area contributed by atoms with Gasteiger partial charge in [-0.3, -0.25) is 0 Å². The molecule has 0 fully saturated rings. The zero-order valence-corrected chi connectivity index (χ0v) is 18.7. The van der Waals surface area contributed by atoms with Crippen molar-refractivity contribution in [3.05, 3.63) is 40.4 Å². The van der Waals surface area contributed by atoms with E-state index in [0.717, 1.165) is 0 Å². The molecule has 0 atom stereocenters. The minimum absolute atomic E-state index is 0. The van der Waals surface area contributed by atoms with Crippen LogP contribution in [0.3, 0.4) is 0 Å². The van der Waals surface area contributed by atoms with Crippen molar-refractivity contribution in [1.29, 1.82) is 0 Å². The molecule has 3 rings (SSSR count). The largest absolute Gasteiger partial charge is 1.00 e. The predicted octanol–water partition coefficient (Wildman–Crippen LogP) is -0.354. The molecule has 120 valence electrons. The van der Waals surface area contributed by atoms with Crippen molar-refractivity contribution in [2.24, 2.45) is 0 Å². The fourth-order valence-electron chi connectivity index (χ4n) is 4.71. The van der Waals surface area contributed by atoms with E-state index < -0.39 is 8.07 Å². The van der Waals surface area contributed by atoms with Crippen LogP contribution in [0.1, 0.15) is 53.4 Å². The van der Waals surface area contributed by atoms with Crippen molar-refractivity contribution in [3.63, 3.8) is 0 Å². The van der Waals surface area contributed by atoms with Crippen LogP contribution in [0, 0.1) is 0 Å².